The van der Waals surface area contributed by atoms with Gasteiger partial charge in [0.1, 0.15) is 0 Å². The lowest BCUT2D eigenvalue weighted by Crippen LogP contribution is -2.33. The number of ether oxygens (including phenoxy) is 1. The molecule has 0 N–H and O–H groups in total. The van der Waals surface area contributed by atoms with Crippen molar-refractivity contribution in [1.29, 1.82) is 0 Å². The van der Waals surface area contributed by atoms with E-state index in [1.807, 2.05) is 11.0 Å². The van der Waals surface area contributed by atoms with E-state index < -0.39 is 0 Å². The summed E-state index contributed by atoms with van der Waals surface area (Å²) in [5.74, 6) is -0.145. The van der Waals surface area contributed by atoms with Crippen molar-refractivity contribution >= 4 is 11.9 Å². The van der Waals surface area contributed by atoms with Crippen molar-refractivity contribution in [3.8, 4) is 0 Å². The molecule has 1 saturated carbocycles. The van der Waals surface area contributed by atoms with Crippen LogP contribution in [0.4, 0.5) is 0 Å². The summed E-state index contributed by atoms with van der Waals surface area (Å²) in [6, 6.07) is 0.479. The lowest BCUT2D eigenvalue weighted by molar-refractivity contribution is -0.138. The number of carbonyl (C=O) groups excluding carboxylic acids is 2. The minimum absolute atomic E-state index is 0.229. The monoisotopic (exact) mass is 305 g/mol. The molecule has 0 saturated heterocycles. The molecule has 1 aliphatic carbocycles. The maximum atomic E-state index is 12.1. The molecule has 1 rings (SSSR count). The molecule has 0 atom stereocenters. The van der Waals surface area contributed by atoms with Crippen molar-refractivity contribution in [1.82, 2.24) is 4.90 Å². The number of allylic oxidation sites excluding steroid dienone is 3. The van der Waals surface area contributed by atoms with Crippen molar-refractivity contribution in [3.05, 3.63) is 36.5 Å². The third-order valence-electron chi connectivity index (χ3n) is 3.44. The summed E-state index contributed by atoms with van der Waals surface area (Å²) in [6.07, 6.45) is 11.3. The molecule has 0 spiro atoms. The van der Waals surface area contributed by atoms with Crippen LogP contribution in [0.1, 0.15) is 46.0 Å². The summed E-state index contributed by atoms with van der Waals surface area (Å²) in [7, 11) is 0. The van der Waals surface area contributed by atoms with E-state index in [0.717, 1.165) is 25.8 Å². The average Bonchev–Trinajstić information content (AvgIpc) is 3.33. The van der Waals surface area contributed by atoms with Crippen LogP contribution < -0.4 is 0 Å². The predicted octanol–water partition coefficient (Wildman–Crippen LogP) is 3.40. The number of esters is 1. The van der Waals surface area contributed by atoms with E-state index in [9.17, 15) is 9.59 Å². The Labute approximate surface area is 133 Å². The molecule has 0 aromatic rings. The van der Waals surface area contributed by atoms with Crippen LogP contribution in [0.5, 0.6) is 0 Å². The van der Waals surface area contributed by atoms with E-state index in [1.165, 1.54) is 6.08 Å². The Bertz CT molecular complexity index is 447. The second-order valence-corrected chi connectivity index (χ2v) is 5.33. The van der Waals surface area contributed by atoms with Gasteiger partial charge in [-0.3, -0.25) is 4.79 Å². The highest BCUT2D eigenvalue weighted by molar-refractivity contribution is 5.91. The summed E-state index contributed by atoms with van der Waals surface area (Å²) in [5, 5.41) is 0. The van der Waals surface area contributed by atoms with Gasteiger partial charge in [0.25, 0.3) is 0 Å². The predicted molar refractivity (Wildman–Crippen MR) is 88.3 cm³/mol. The first-order valence-electron chi connectivity index (χ1n) is 8.09. The van der Waals surface area contributed by atoms with Gasteiger partial charge in [0, 0.05) is 19.0 Å². The number of hydrogen-bond donors (Lipinski definition) is 0. The molecule has 22 heavy (non-hydrogen) atoms. The highest BCUT2D eigenvalue weighted by Crippen LogP contribution is 2.27. The smallest absolute Gasteiger partial charge is 0.338 e. The molecule has 4 heteroatoms. The van der Waals surface area contributed by atoms with Crippen molar-refractivity contribution in [2.45, 2.75) is 52.0 Å². The SMILES string of the molecule is C=C/C(=C\C=C/CCC(=O)N(CCC)C1CC1)C(=O)OCC. The first-order valence-corrected chi connectivity index (χ1v) is 8.09. The fraction of sp³-hybridized carbons (Fsp3) is 0.556. The maximum Gasteiger partial charge on any atom is 0.338 e. The number of hydrogen-bond acceptors (Lipinski definition) is 3. The summed E-state index contributed by atoms with van der Waals surface area (Å²) < 4.78 is 4.91. The van der Waals surface area contributed by atoms with Gasteiger partial charge in [-0.05, 0) is 38.7 Å². The van der Waals surface area contributed by atoms with Crippen LogP contribution in [0.25, 0.3) is 0 Å². The Morgan fingerprint density at radius 2 is 2.05 bits per heavy atom. The van der Waals surface area contributed by atoms with Crippen LogP contribution in [0.3, 0.4) is 0 Å². The minimum Gasteiger partial charge on any atom is -0.462 e. The van der Waals surface area contributed by atoms with Crippen LogP contribution in [0.2, 0.25) is 0 Å². The molecule has 0 aromatic heterocycles. The summed E-state index contributed by atoms with van der Waals surface area (Å²) in [6.45, 7) is 8.66. The Kier molecular flexibility index (Phi) is 8.26. The first-order chi connectivity index (χ1) is 10.6. The van der Waals surface area contributed by atoms with Crippen molar-refractivity contribution in [2.24, 2.45) is 0 Å². The van der Waals surface area contributed by atoms with Gasteiger partial charge in [0.15, 0.2) is 0 Å². The highest BCUT2D eigenvalue weighted by atomic mass is 16.5. The topological polar surface area (TPSA) is 46.6 Å². The number of amides is 1. The van der Waals surface area contributed by atoms with E-state index in [-0.39, 0.29) is 11.9 Å². The molecule has 0 unspecified atom stereocenters. The largest absolute Gasteiger partial charge is 0.462 e. The molecule has 1 amide bonds. The molecular formula is C18H27NO3. The zero-order chi connectivity index (χ0) is 16.4. The summed E-state index contributed by atoms with van der Waals surface area (Å²) in [4.78, 5) is 25.7. The Hall–Kier alpha value is -1.84. The molecule has 122 valence electrons. The molecule has 1 aliphatic rings. The van der Waals surface area contributed by atoms with E-state index >= 15 is 0 Å². The highest BCUT2D eigenvalue weighted by Gasteiger charge is 2.31. The van der Waals surface area contributed by atoms with Crippen molar-refractivity contribution < 1.29 is 14.3 Å². The van der Waals surface area contributed by atoms with Crippen LogP contribution in [0.15, 0.2) is 36.5 Å². The van der Waals surface area contributed by atoms with Crippen molar-refractivity contribution in [2.75, 3.05) is 13.2 Å². The molecule has 0 aliphatic heterocycles. The molecule has 4 nitrogen and oxygen atoms in total. The maximum absolute atomic E-state index is 12.1. The van der Waals surface area contributed by atoms with Crippen LogP contribution in [0, 0.1) is 0 Å². The first kappa shape index (κ1) is 18.2. The fourth-order valence-electron chi connectivity index (χ4n) is 2.19. The molecule has 0 radical (unpaired) electrons. The standard InChI is InChI=1S/C18H27NO3/c1-4-14-19(16-12-13-16)17(20)11-9-7-8-10-15(5-2)18(21)22-6-3/h5,7-8,10,16H,2,4,6,9,11-14H2,1,3H3/b8-7-,15-10+. The molecule has 0 aromatic carbocycles. The van der Waals surface area contributed by atoms with E-state index in [4.69, 9.17) is 4.74 Å². The third kappa shape index (κ3) is 6.29. The van der Waals surface area contributed by atoms with E-state index in [1.54, 1.807) is 19.1 Å². The Morgan fingerprint density at radius 1 is 1.32 bits per heavy atom. The quantitative estimate of drug-likeness (QED) is 0.353. The van der Waals surface area contributed by atoms with Gasteiger partial charge in [-0.2, -0.15) is 0 Å². The fourth-order valence-corrected chi connectivity index (χ4v) is 2.19. The van der Waals surface area contributed by atoms with Crippen molar-refractivity contribution in [3.63, 3.8) is 0 Å². The summed E-state index contributed by atoms with van der Waals surface area (Å²) >= 11 is 0. The second-order valence-electron chi connectivity index (χ2n) is 5.33. The normalized spacial score (nSPS) is 14.9. The Balaban J connectivity index is 2.39. The molecule has 1 fully saturated rings. The van der Waals surface area contributed by atoms with Gasteiger partial charge in [0.2, 0.25) is 5.91 Å². The second kappa shape index (κ2) is 9.98. The van der Waals surface area contributed by atoms with Crippen LogP contribution in [-0.4, -0.2) is 36.0 Å². The average molecular weight is 305 g/mol. The summed E-state index contributed by atoms with van der Waals surface area (Å²) in [5.41, 5.74) is 0.426. The zero-order valence-electron chi connectivity index (χ0n) is 13.7. The van der Waals surface area contributed by atoms with E-state index in [0.29, 0.717) is 31.1 Å². The van der Waals surface area contributed by atoms with Gasteiger partial charge in [-0.1, -0.05) is 31.7 Å². The zero-order valence-corrected chi connectivity index (χ0v) is 13.7. The minimum atomic E-state index is -0.374. The lowest BCUT2D eigenvalue weighted by atomic mass is 10.2. The van der Waals surface area contributed by atoms with Gasteiger partial charge in [-0.25, -0.2) is 4.79 Å². The number of nitrogens with zero attached hydrogens (tertiary/aromatic N) is 1. The van der Waals surface area contributed by atoms with Gasteiger partial charge >= 0.3 is 5.97 Å². The van der Waals surface area contributed by atoms with E-state index in [2.05, 4.69) is 13.5 Å². The molecule has 0 bridgehead atoms. The number of carbonyl (C=O) groups is 2. The van der Waals surface area contributed by atoms with Gasteiger partial charge in [0.05, 0.1) is 12.2 Å². The third-order valence-corrected chi connectivity index (χ3v) is 3.44. The van der Waals surface area contributed by atoms with Gasteiger partial charge < -0.3 is 9.64 Å². The van der Waals surface area contributed by atoms with Gasteiger partial charge in [-0.15, -0.1) is 0 Å². The van der Waals surface area contributed by atoms with Crippen LogP contribution >= 0.6 is 0 Å². The molecular weight excluding hydrogens is 278 g/mol. The number of rotatable bonds is 10. The molecule has 0 heterocycles. The Morgan fingerprint density at radius 3 is 2.59 bits per heavy atom. The van der Waals surface area contributed by atoms with Crippen LogP contribution in [-0.2, 0) is 14.3 Å². The lowest BCUT2D eigenvalue weighted by Gasteiger charge is -2.21.